The van der Waals surface area contributed by atoms with E-state index in [1.54, 1.807) is 12.2 Å². The summed E-state index contributed by atoms with van der Waals surface area (Å²) in [5.74, 6) is 1.33. The van der Waals surface area contributed by atoms with E-state index in [0.717, 1.165) is 0 Å². The molecule has 0 saturated heterocycles. The summed E-state index contributed by atoms with van der Waals surface area (Å²) in [5, 5.41) is 8.52. The Morgan fingerprint density at radius 2 is 1.14 bits per heavy atom. The molecule has 0 fully saturated rings. The zero-order valence-corrected chi connectivity index (χ0v) is 12.3. The van der Waals surface area contributed by atoms with Crippen LogP contribution in [0, 0.1) is 0 Å². The zero-order chi connectivity index (χ0) is 15.6. The second-order valence-electron chi connectivity index (χ2n) is 4.33. The number of ether oxygens (including phenoxy) is 2. The Kier molecular flexibility index (Phi) is 5.93. The van der Waals surface area contributed by atoms with Crippen molar-refractivity contribution in [3.05, 3.63) is 73.8 Å². The van der Waals surface area contributed by atoms with Crippen molar-refractivity contribution >= 4 is 11.4 Å². The predicted octanol–water partition coefficient (Wildman–Crippen LogP) is 5.23. The van der Waals surface area contributed by atoms with Crippen molar-refractivity contribution in [2.24, 2.45) is 10.2 Å². The highest BCUT2D eigenvalue weighted by molar-refractivity contribution is 5.54. The van der Waals surface area contributed by atoms with Gasteiger partial charge >= 0.3 is 0 Å². The highest BCUT2D eigenvalue weighted by atomic mass is 16.5. The number of azo groups is 1. The molecule has 4 heteroatoms. The van der Waals surface area contributed by atoms with Crippen LogP contribution >= 0.6 is 0 Å². The summed E-state index contributed by atoms with van der Waals surface area (Å²) in [4.78, 5) is 0. The third-order valence-corrected chi connectivity index (χ3v) is 2.71. The SMILES string of the molecule is C=CCOc1ccccc1/N=N/c1ccccc1OCC=C. The van der Waals surface area contributed by atoms with Crippen molar-refractivity contribution < 1.29 is 9.47 Å². The van der Waals surface area contributed by atoms with E-state index in [-0.39, 0.29) is 0 Å². The standard InChI is InChI=1S/C18H18N2O2/c1-3-13-21-17-11-7-5-9-15(17)19-20-16-10-6-8-12-18(16)22-14-4-2/h3-12H,1-2,13-14H2/b20-19+. The van der Waals surface area contributed by atoms with Crippen LogP contribution in [0.4, 0.5) is 11.4 Å². The summed E-state index contributed by atoms with van der Waals surface area (Å²) in [6.45, 7) is 8.12. The lowest BCUT2D eigenvalue weighted by Gasteiger charge is -2.07. The molecule has 0 bridgehead atoms. The molecule has 4 nitrogen and oxygen atoms in total. The summed E-state index contributed by atoms with van der Waals surface area (Å²) < 4.78 is 11.1. The Balaban J connectivity index is 2.21. The Labute approximate surface area is 130 Å². The molecule has 0 aliphatic rings. The maximum atomic E-state index is 5.55. The molecule has 0 heterocycles. The Hall–Kier alpha value is -2.88. The van der Waals surface area contributed by atoms with Gasteiger partial charge in [-0.1, -0.05) is 49.6 Å². The van der Waals surface area contributed by atoms with E-state index in [4.69, 9.17) is 9.47 Å². The molecular weight excluding hydrogens is 276 g/mol. The van der Waals surface area contributed by atoms with Crippen molar-refractivity contribution in [1.82, 2.24) is 0 Å². The van der Waals surface area contributed by atoms with Crippen LogP contribution < -0.4 is 9.47 Å². The number of hydrogen-bond acceptors (Lipinski definition) is 4. The molecule has 0 aliphatic heterocycles. The average molecular weight is 294 g/mol. The highest BCUT2D eigenvalue weighted by Gasteiger charge is 2.03. The molecule has 0 saturated carbocycles. The minimum atomic E-state index is 0.422. The van der Waals surface area contributed by atoms with Gasteiger partial charge in [-0.3, -0.25) is 0 Å². The smallest absolute Gasteiger partial charge is 0.147 e. The predicted molar refractivity (Wildman–Crippen MR) is 88.4 cm³/mol. The van der Waals surface area contributed by atoms with Gasteiger partial charge in [0.2, 0.25) is 0 Å². The molecule has 0 N–H and O–H groups in total. The van der Waals surface area contributed by atoms with E-state index in [2.05, 4.69) is 23.4 Å². The molecule has 2 aromatic carbocycles. The summed E-state index contributed by atoms with van der Waals surface area (Å²) in [6, 6.07) is 14.9. The lowest BCUT2D eigenvalue weighted by Crippen LogP contribution is -1.93. The molecule has 0 radical (unpaired) electrons. The first kappa shape index (κ1) is 15.5. The molecule has 2 rings (SSSR count). The molecule has 22 heavy (non-hydrogen) atoms. The molecule has 0 unspecified atom stereocenters. The third kappa shape index (κ3) is 4.31. The average Bonchev–Trinajstić information content (AvgIpc) is 2.57. The van der Waals surface area contributed by atoms with E-state index in [1.807, 2.05) is 48.5 Å². The maximum absolute atomic E-state index is 5.55. The molecule has 0 atom stereocenters. The first-order valence-electron chi connectivity index (χ1n) is 6.92. The second-order valence-corrected chi connectivity index (χ2v) is 4.33. The number of benzene rings is 2. The normalized spacial score (nSPS) is 10.4. The Bertz CT molecular complexity index is 608. The van der Waals surface area contributed by atoms with Gasteiger partial charge in [0.1, 0.15) is 36.1 Å². The number of nitrogens with zero attached hydrogens (tertiary/aromatic N) is 2. The van der Waals surface area contributed by atoms with Gasteiger partial charge in [-0.05, 0) is 24.3 Å². The molecular formula is C18H18N2O2. The third-order valence-electron chi connectivity index (χ3n) is 2.71. The van der Waals surface area contributed by atoms with E-state index in [9.17, 15) is 0 Å². The van der Waals surface area contributed by atoms with Gasteiger partial charge in [-0.2, -0.15) is 0 Å². The lowest BCUT2D eigenvalue weighted by atomic mass is 10.3. The van der Waals surface area contributed by atoms with Crippen LogP contribution in [-0.2, 0) is 0 Å². The molecule has 0 aromatic heterocycles. The number of para-hydroxylation sites is 2. The van der Waals surface area contributed by atoms with Gasteiger partial charge in [-0.25, -0.2) is 0 Å². The molecule has 0 spiro atoms. The minimum Gasteiger partial charge on any atom is -0.487 e. The van der Waals surface area contributed by atoms with E-state index < -0.39 is 0 Å². The summed E-state index contributed by atoms with van der Waals surface area (Å²) >= 11 is 0. The van der Waals surface area contributed by atoms with Crippen LogP contribution in [0.2, 0.25) is 0 Å². The van der Waals surface area contributed by atoms with Crippen LogP contribution in [-0.4, -0.2) is 13.2 Å². The van der Waals surface area contributed by atoms with Crippen molar-refractivity contribution in [3.8, 4) is 11.5 Å². The summed E-state index contributed by atoms with van der Waals surface area (Å²) in [5.41, 5.74) is 1.31. The monoisotopic (exact) mass is 294 g/mol. The zero-order valence-electron chi connectivity index (χ0n) is 12.3. The van der Waals surface area contributed by atoms with E-state index >= 15 is 0 Å². The van der Waals surface area contributed by atoms with Gasteiger partial charge in [0.15, 0.2) is 0 Å². The van der Waals surface area contributed by atoms with E-state index in [0.29, 0.717) is 36.1 Å². The lowest BCUT2D eigenvalue weighted by molar-refractivity contribution is 0.363. The first-order valence-corrected chi connectivity index (χ1v) is 6.92. The Morgan fingerprint density at radius 3 is 1.55 bits per heavy atom. The first-order chi connectivity index (χ1) is 10.8. The van der Waals surface area contributed by atoms with Crippen LogP contribution in [0.25, 0.3) is 0 Å². The van der Waals surface area contributed by atoms with Crippen molar-refractivity contribution in [3.63, 3.8) is 0 Å². The van der Waals surface area contributed by atoms with Gasteiger partial charge in [0, 0.05) is 0 Å². The fourth-order valence-electron chi connectivity index (χ4n) is 1.73. The summed E-state index contributed by atoms with van der Waals surface area (Å²) in [6.07, 6.45) is 3.37. The molecule has 0 amide bonds. The van der Waals surface area contributed by atoms with Gasteiger partial charge in [0.25, 0.3) is 0 Å². The van der Waals surface area contributed by atoms with E-state index in [1.165, 1.54) is 0 Å². The number of rotatable bonds is 8. The minimum absolute atomic E-state index is 0.422. The topological polar surface area (TPSA) is 43.2 Å². The van der Waals surface area contributed by atoms with Gasteiger partial charge < -0.3 is 9.47 Å². The molecule has 0 aliphatic carbocycles. The number of hydrogen-bond donors (Lipinski definition) is 0. The van der Waals surface area contributed by atoms with Crippen LogP contribution in [0.1, 0.15) is 0 Å². The summed E-state index contributed by atoms with van der Waals surface area (Å²) in [7, 11) is 0. The molecule has 112 valence electrons. The van der Waals surface area contributed by atoms with Crippen molar-refractivity contribution in [2.75, 3.05) is 13.2 Å². The second kappa shape index (κ2) is 8.42. The van der Waals surface area contributed by atoms with Crippen LogP contribution in [0.5, 0.6) is 11.5 Å². The fourth-order valence-corrected chi connectivity index (χ4v) is 1.73. The van der Waals surface area contributed by atoms with Gasteiger partial charge in [-0.15, -0.1) is 10.2 Å². The van der Waals surface area contributed by atoms with Gasteiger partial charge in [0.05, 0.1) is 0 Å². The van der Waals surface area contributed by atoms with Crippen LogP contribution in [0.3, 0.4) is 0 Å². The van der Waals surface area contributed by atoms with Crippen molar-refractivity contribution in [1.29, 1.82) is 0 Å². The Morgan fingerprint density at radius 1 is 0.727 bits per heavy atom. The largest absolute Gasteiger partial charge is 0.487 e. The molecule has 2 aromatic rings. The maximum Gasteiger partial charge on any atom is 0.147 e. The quantitative estimate of drug-likeness (QED) is 0.494. The highest BCUT2D eigenvalue weighted by Crippen LogP contribution is 2.32. The van der Waals surface area contributed by atoms with Crippen LogP contribution in [0.15, 0.2) is 84.1 Å². The fraction of sp³-hybridized carbons (Fsp3) is 0.111. The van der Waals surface area contributed by atoms with Crippen molar-refractivity contribution in [2.45, 2.75) is 0 Å².